The number of nitrogens with one attached hydrogen (secondary N) is 1. The lowest BCUT2D eigenvalue weighted by Gasteiger charge is -2.31. The summed E-state index contributed by atoms with van der Waals surface area (Å²) in [4.78, 5) is 13.8. The first-order valence-corrected chi connectivity index (χ1v) is 5.94. The van der Waals surface area contributed by atoms with Gasteiger partial charge in [0.25, 0.3) is 0 Å². The van der Waals surface area contributed by atoms with Gasteiger partial charge in [-0.3, -0.25) is 4.79 Å². The van der Waals surface area contributed by atoms with Crippen molar-refractivity contribution in [3.05, 3.63) is 23.8 Å². The van der Waals surface area contributed by atoms with E-state index in [0.29, 0.717) is 6.54 Å². The van der Waals surface area contributed by atoms with Crippen LogP contribution in [0, 0.1) is 0 Å². The van der Waals surface area contributed by atoms with Crippen molar-refractivity contribution in [1.29, 1.82) is 0 Å². The largest absolute Gasteiger partial charge is 0.374 e. The maximum absolute atomic E-state index is 11.9. The van der Waals surface area contributed by atoms with Gasteiger partial charge in [0.1, 0.15) is 0 Å². The molecule has 0 aromatic heterocycles. The summed E-state index contributed by atoms with van der Waals surface area (Å²) in [5, 5.41) is 3.18. The smallest absolute Gasteiger partial charge is 0.246 e. The van der Waals surface area contributed by atoms with Gasteiger partial charge < -0.3 is 10.2 Å². The van der Waals surface area contributed by atoms with Crippen molar-refractivity contribution in [1.82, 2.24) is 0 Å². The molecule has 0 atom stereocenters. The highest BCUT2D eigenvalue weighted by molar-refractivity contribution is 6.03. The van der Waals surface area contributed by atoms with Gasteiger partial charge in [-0.25, -0.2) is 0 Å². The highest BCUT2D eigenvalue weighted by atomic mass is 16.2. The van der Waals surface area contributed by atoms with E-state index in [1.807, 2.05) is 17.0 Å². The van der Waals surface area contributed by atoms with E-state index in [-0.39, 0.29) is 5.91 Å². The zero-order chi connectivity index (χ0) is 11.5. The van der Waals surface area contributed by atoms with E-state index in [9.17, 15) is 4.79 Å². The SMILES string of the molecule is CCCN1C(=O)CNc2cccc(CC)c21. The van der Waals surface area contributed by atoms with E-state index in [4.69, 9.17) is 0 Å². The van der Waals surface area contributed by atoms with Crippen molar-refractivity contribution >= 4 is 17.3 Å². The predicted octanol–water partition coefficient (Wildman–Crippen LogP) is 2.42. The molecule has 3 nitrogen and oxygen atoms in total. The molecule has 1 aliphatic rings. The summed E-state index contributed by atoms with van der Waals surface area (Å²) in [7, 11) is 0. The van der Waals surface area contributed by atoms with Gasteiger partial charge in [0.15, 0.2) is 0 Å². The molecule has 1 N–H and O–H groups in total. The van der Waals surface area contributed by atoms with Crippen molar-refractivity contribution < 1.29 is 4.79 Å². The summed E-state index contributed by atoms with van der Waals surface area (Å²) in [5.74, 6) is 0.176. The van der Waals surface area contributed by atoms with Crippen molar-refractivity contribution in [2.45, 2.75) is 26.7 Å². The first-order chi connectivity index (χ1) is 7.77. The van der Waals surface area contributed by atoms with Gasteiger partial charge in [-0.05, 0) is 24.5 Å². The fourth-order valence-corrected chi connectivity index (χ4v) is 2.19. The number of hydrogen-bond acceptors (Lipinski definition) is 2. The van der Waals surface area contributed by atoms with Gasteiger partial charge in [-0.15, -0.1) is 0 Å². The Morgan fingerprint density at radius 2 is 2.19 bits per heavy atom. The minimum absolute atomic E-state index is 0.176. The van der Waals surface area contributed by atoms with E-state index >= 15 is 0 Å². The number of anilines is 2. The Hall–Kier alpha value is -1.51. The van der Waals surface area contributed by atoms with Crippen LogP contribution in [0.1, 0.15) is 25.8 Å². The summed E-state index contributed by atoms with van der Waals surface area (Å²) in [6.45, 7) is 5.45. The highest BCUT2D eigenvalue weighted by Crippen LogP contribution is 2.33. The molecule has 1 aromatic rings. The maximum atomic E-state index is 11.9. The van der Waals surface area contributed by atoms with Crippen LogP contribution in [-0.4, -0.2) is 19.0 Å². The lowest BCUT2D eigenvalue weighted by Crippen LogP contribution is -2.40. The monoisotopic (exact) mass is 218 g/mol. The van der Waals surface area contributed by atoms with E-state index < -0.39 is 0 Å². The van der Waals surface area contributed by atoms with Gasteiger partial charge in [0, 0.05) is 6.54 Å². The van der Waals surface area contributed by atoms with Crippen LogP contribution in [-0.2, 0) is 11.2 Å². The Labute approximate surface area is 96.5 Å². The Kier molecular flexibility index (Phi) is 3.13. The zero-order valence-corrected chi connectivity index (χ0v) is 9.92. The molecule has 2 rings (SSSR count). The summed E-state index contributed by atoms with van der Waals surface area (Å²) < 4.78 is 0. The molecule has 0 unspecified atom stereocenters. The second-order valence-corrected chi connectivity index (χ2v) is 4.07. The molecular formula is C13H18N2O. The van der Waals surface area contributed by atoms with Crippen molar-refractivity contribution in [3.8, 4) is 0 Å². The molecule has 0 radical (unpaired) electrons. The Bertz CT molecular complexity index is 387. The molecule has 1 aromatic carbocycles. The summed E-state index contributed by atoms with van der Waals surface area (Å²) in [6, 6.07) is 6.19. The van der Waals surface area contributed by atoms with Crippen LogP contribution in [0.5, 0.6) is 0 Å². The molecule has 0 fully saturated rings. The molecule has 0 bridgehead atoms. The van der Waals surface area contributed by atoms with E-state index in [2.05, 4.69) is 25.2 Å². The molecular weight excluding hydrogens is 200 g/mol. The normalized spacial score (nSPS) is 14.6. The van der Waals surface area contributed by atoms with Gasteiger partial charge in [0.2, 0.25) is 5.91 Å². The van der Waals surface area contributed by atoms with Crippen LogP contribution >= 0.6 is 0 Å². The Balaban J connectivity index is 2.47. The average molecular weight is 218 g/mol. The fourth-order valence-electron chi connectivity index (χ4n) is 2.19. The number of carbonyl (C=O) groups is 1. The van der Waals surface area contributed by atoms with E-state index in [1.165, 1.54) is 5.56 Å². The average Bonchev–Trinajstić information content (AvgIpc) is 2.32. The first-order valence-electron chi connectivity index (χ1n) is 5.94. The molecule has 0 spiro atoms. The van der Waals surface area contributed by atoms with Crippen molar-refractivity contribution in [2.24, 2.45) is 0 Å². The number of nitrogens with zero attached hydrogens (tertiary/aromatic N) is 1. The number of carbonyl (C=O) groups excluding carboxylic acids is 1. The lowest BCUT2D eigenvalue weighted by molar-refractivity contribution is -0.117. The number of para-hydroxylation sites is 1. The predicted molar refractivity (Wildman–Crippen MR) is 67.0 cm³/mol. The van der Waals surface area contributed by atoms with Crippen LogP contribution in [0.4, 0.5) is 11.4 Å². The zero-order valence-electron chi connectivity index (χ0n) is 9.92. The maximum Gasteiger partial charge on any atom is 0.246 e. The fraction of sp³-hybridized carbons (Fsp3) is 0.462. The number of benzene rings is 1. The third-order valence-corrected chi connectivity index (χ3v) is 2.95. The minimum atomic E-state index is 0.176. The molecule has 3 heteroatoms. The van der Waals surface area contributed by atoms with E-state index in [0.717, 1.165) is 30.8 Å². The van der Waals surface area contributed by atoms with Gasteiger partial charge in [-0.2, -0.15) is 0 Å². The van der Waals surface area contributed by atoms with Crippen LogP contribution in [0.25, 0.3) is 0 Å². The van der Waals surface area contributed by atoms with Crippen LogP contribution in [0.15, 0.2) is 18.2 Å². The molecule has 0 aliphatic carbocycles. The van der Waals surface area contributed by atoms with Crippen molar-refractivity contribution in [2.75, 3.05) is 23.3 Å². The molecule has 1 heterocycles. The van der Waals surface area contributed by atoms with E-state index in [1.54, 1.807) is 0 Å². The summed E-state index contributed by atoms with van der Waals surface area (Å²) in [5.41, 5.74) is 3.42. The van der Waals surface area contributed by atoms with Crippen LogP contribution in [0.2, 0.25) is 0 Å². The third kappa shape index (κ3) is 1.77. The number of fused-ring (bicyclic) bond motifs is 1. The molecule has 0 saturated carbocycles. The minimum Gasteiger partial charge on any atom is -0.374 e. The number of amides is 1. The second kappa shape index (κ2) is 4.56. The van der Waals surface area contributed by atoms with Gasteiger partial charge in [-0.1, -0.05) is 26.0 Å². The highest BCUT2D eigenvalue weighted by Gasteiger charge is 2.24. The molecule has 0 saturated heterocycles. The molecule has 16 heavy (non-hydrogen) atoms. The summed E-state index contributed by atoms with van der Waals surface area (Å²) >= 11 is 0. The number of hydrogen-bond donors (Lipinski definition) is 1. The summed E-state index contributed by atoms with van der Waals surface area (Å²) in [6.07, 6.45) is 1.95. The topological polar surface area (TPSA) is 32.3 Å². The van der Waals surface area contributed by atoms with Crippen LogP contribution < -0.4 is 10.2 Å². The third-order valence-electron chi connectivity index (χ3n) is 2.95. The van der Waals surface area contributed by atoms with Crippen molar-refractivity contribution in [3.63, 3.8) is 0 Å². The molecule has 1 amide bonds. The molecule has 1 aliphatic heterocycles. The standard InChI is InChI=1S/C13H18N2O/c1-3-8-15-12(16)9-14-11-7-5-6-10(4-2)13(11)15/h5-7,14H,3-4,8-9H2,1-2H3. The number of rotatable bonds is 3. The van der Waals surface area contributed by atoms with Crippen LogP contribution in [0.3, 0.4) is 0 Å². The number of aryl methyl sites for hydroxylation is 1. The quantitative estimate of drug-likeness (QED) is 0.845. The lowest BCUT2D eigenvalue weighted by atomic mass is 10.1. The second-order valence-electron chi connectivity index (χ2n) is 4.07. The molecule has 86 valence electrons. The Morgan fingerprint density at radius 3 is 2.88 bits per heavy atom. The van der Waals surface area contributed by atoms with Gasteiger partial charge in [0.05, 0.1) is 17.9 Å². The first kappa shape index (κ1) is 11.0. The van der Waals surface area contributed by atoms with Gasteiger partial charge >= 0.3 is 0 Å². The Morgan fingerprint density at radius 1 is 1.38 bits per heavy atom.